The first-order valence-corrected chi connectivity index (χ1v) is 12.8. The topological polar surface area (TPSA) is 72.3 Å². The Morgan fingerprint density at radius 2 is 1.88 bits per heavy atom. The van der Waals surface area contributed by atoms with Crippen molar-refractivity contribution in [3.05, 3.63) is 59.7 Å². The second-order valence-corrected chi connectivity index (χ2v) is 9.81. The summed E-state index contributed by atoms with van der Waals surface area (Å²) in [6.45, 7) is 11.6. The SMILES string of the molecule is CCn1c(SCC(=O)Nc2ccccc2CN2CC(C)OC(C)C2)nnc1-c1cccc(C)c1. The molecular weight excluding hydrogens is 446 g/mol. The number of hydrogen-bond acceptors (Lipinski definition) is 6. The third-order valence-electron chi connectivity index (χ3n) is 5.82. The molecule has 1 fully saturated rings. The predicted molar refractivity (Wildman–Crippen MR) is 137 cm³/mol. The number of morpholine rings is 1. The van der Waals surface area contributed by atoms with E-state index in [1.165, 1.54) is 17.3 Å². The molecule has 1 aliphatic rings. The zero-order valence-corrected chi connectivity index (χ0v) is 21.1. The van der Waals surface area contributed by atoms with E-state index in [-0.39, 0.29) is 23.9 Å². The zero-order chi connectivity index (χ0) is 24.1. The van der Waals surface area contributed by atoms with Crippen molar-refractivity contribution in [1.82, 2.24) is 19.7 Å². The molecule has 1 aromatic heterocycles. The number of anilines is 1. The summed E-state index contributed by atoms with van der Waals surface area (Å²) in [7, 11) is 0. The second kappa shape index (κ2) is 11.2. The maximum Gasteiger partial charge on any atom is 0.234 e. The van der Waals surface area contributed by atoms with E-state index in [9.17, 15) is 4.79 Å². The van der Waals surface area contributed by atoms with Gasteiger partial charge in [0.2, 0.25) is 5.91 Å². The van der Waals surface area contributed by atoms with Crippen LogP contribution in [0.15, 0.2) is 53.7 Å². The van der Waals surface area contributed by atoms with Crippen LogP contribution < -0.4 is 5.32 Å². The van der Waals surface area contributed by atoms with Crippen molar-refractivity contribution in [3.63, 3.8) is 0 Å². The van der Waals surface area contributed by atoms with E-state index >= 15 is 0 Å². The van der Waals surface area contributed by atoms with E-state index in [1.807, 2.05) is 30.3 Å². The Morgan fingerprint density at radius 3 is 2.62 bits per heavy atom. The summed E-state index contributed by atoms with van der Waals surface area (Å²) in [5.41, 5.74) is 4.18. The number of ether oxygens (including phenoxy) is 1. The van der Waals surface area contributed by atoms with Crippen LogP contribution in [0, 0.1) is 6.92 Å². The highest BCUT2D eigenvalue weighted by Crippen LogP contribution is 2.25. The number of nitrogens with zero attached hydrogens (tertiary/aromatic N) is 4. The molecule has 0 spiro atoms. The summed E-state index contributed by atoms with van der Waals surface area (Å²) in [4.78, 5) is 15.2. The van der Waals surface area contributed by atoms with Gasteiger partial charge in [-0.2, -0.15) is 0 Å². The normalized spacial score (nSPS) is 18.7. The van der Waals surface area contributed by atoms with E-state index in [2.05, 4.69) is 70.9 Å². The Bertz CT molecular complexity index is 1120. The van der Waals surface area contributed by atoms with Crippen molar-refractivity contribution in [2.24, 2.45) is 0 Å². The van der Waals surface area contributed by atoms with Crippen molar-refractivity contribution < 1.29 is 9.53 Å². The van der Waals surface area contributed by atoms with Gasteiger partial charge >= 0.3 is 0 Å². The van der Waals surface area contributed by atoms with Gasteiger partial charge in [-0.1, -0.05) is 53.7 Å². The molecule has 2 aromatic carbocycles. The van der Waals surface area contributed by atoms with Gasteiger partial charge in [-0.3, -0.25) is 9.69 Å². The molecule has 8 heteroatoms. The van der Waals surface area contributed by atoms with Gasteiger partial charge in [0.15, 0.2) is 11.0 Å². The number of benzene rings is 2. The lowest BCUT2D eigenvalue weighted by molar-refractivity contribution is -0.113. The Hall–Kier alpha value is -2.68. The third-order valence-corrected chi connectivity index (χ3v) is 6.79. The minimum Gasteiger partial charge on any atom is -0.373 e. The molecule has 1 N–H and O–H groups in total. The number of carbonyl (C=O) groups excluding carboxylic acids is 1. The van der Waals surface area contributed by atoms with E-state index < -0.39 is 0 Å². The molecule has 0 bridgehead atoms. The first kappa shape index (κ1) is 24.4. The first-order chi connectivity index (χ1) is 16.4. The minimum absolute atomic E-state index is 0.0519. The van der Waals surface area contributed by atoms with Crippen molar-refractivity contribution in [2.75, 3.05) is 24.2 Å². The Morgan fingerprint density at radius 1 is 1.12 bits per heavy atom. The number of thioether (sulfide) groups is 1. The van der Waals surface area contributed by atoms with Crippen LogP contribution in [-0.2, 0) is 22.6 Å². The maximum atomic E-state index is 12.8. The molecule has 2 atom stereocenters. The molecule has 0 aliphatic carbocycles. The number of aromatic nitrogens is 3. The fraction of sp³-hybridized carbons (Fsp3) is 0.423. The van der Waals surface area contributed by atoms with Crippen LogP contribution in [-0.4, -0.2) is 56.6 Å². The summed E-state index contributed by atoms with van der Waals surface area (Å²) in [6, 6.07) is 16.2. The molecule has 7 nitrogen and oxygen atoms in total. The molecular formula is C26H33N5O2S. The summed E-state index contributed by atoms with van der Waals surface area (Å²) in [6.07, 6.45) is 0.421. The van der Waals surface area contributed by atoms with Gasteiger partial charge in [0.1, 0.15) is 0 Å². The molecule has 34 heavy (non-hydrogen) atoms. The van der Waals surface area contributed by atoms with Crippen LogP contribution in [0.2, 0.25) is 0 Å². The summed E-state index contributed by atoms with van der Waals surface area (Å²) >= 11 is 1.41. The van der Waals surface area contributed by atoms with Crippen LogP contribution in [0.1, 0.15) is 31.9 Å². The second-order valence-electron chi connectivity index (χ2n) is 8.87. The van der Waals surface area contributed by atoms with Crippen LogP contribution >= 0.6 is 11.8 Å². The van der Waals surface area contributed by atoms with E-state index in [4.69, 9.17) is 4.74 Å². The van der Waals surface area contributed by atoms with E-state index in [1.54, 1.807) is 0 Å². The van der Waals surface area contributed by atoms with Crippen molar-refractivity contribution in [3.8, 4) is 11.4 Å². The van der Waals surface area contributed by atoms with Crippen molar-refractivity contribution in [2.45, 2.75) is 58.1 Å². The van der Waals surface area contributed by atoms with Crippen LogP contribution in [0.3, 0.4) is 0 Å². The lowest BCUT2D eigenvalue weighted by Crippen LogP contribution is -2.44. The molecule has 2 heterocycles. The average Bonchev–Trinajstić information content (AvgIpc) is 3.21. The molecule has 0 radical (unpaired) electrons. The van der Waals surface area contributed by atoms with Gasteiger partial charge in [0, 0.05) is 37.4 Å². The van der Waals surface area contributed by atoms with Crippen molar-refractivity contribution >= 4 is 23.4 Å². The first-order valence-electron chi connectivity index (χ1n) is 11.8. The van der Waals surface area contributed by atoms with Gasteiger partial charge in [-0.05, 0) is 45.4 Å². The van der Waals surface area contributed by atoms with E-state index in [0.717, 1.165) is 54.0 Å². The Balaban J connectivity index is 1.40. The standard InChI is InChI=1S/C26H33N5O2S/c1-5-31-25(21-11-8-9-18(2)13-21)28-29-26(31)34-17-24(32)27-23-12-7-6-10-22(23)16-30-14-19(3)33-20(4)15-30/h6-13,19-20H,5,14-17H2,1-4H3,(H,27,32). The molecule has 3 aromatic rings. The number of carbonyl (C=O) groups is 1. The predicted octanol–water partition coefficient (Wildman–Crippen LogP) is 4.61. The number of para-hydroxylation sites is 1. The van der Waals surface area contributed by atoms with Crippen LogP contribution in [0.5, 0.6) is 0 Å². The van der Waals surface area contributed by atoms with Gasteiger partial charge in [0.05, 0.1) is 18.0 Å². The number of nitrogens with one attached hydrogen (secondary N) is 1. The van der Waals surface area contributed by atoms with Gasteiger partial charge < -0.3 is 14.6 Å². The zero-order valence-electron chi connectivity index (χ0n) is 20.3. The summed E-state index contributed by atoms with van der Waals surface area (Å²) < 4.78 is 7.91. The molecule has 1 saturated heterocycles. The molecule has 180 valence electrons. The molecule has 1 aliphatic heterocycles. The van der Waals surface area contributed by atoms with Gasteiger partial charge in [-0.15, -0.1) is 10.2 Å². The fourth-order valence-corrected chi connectivity index (χ4v) is 5.23. The molecule has 0 saturated carbocycles. The molecule has 1 amide bonds. The molecule has 4 rings (SSSR count). The van der Waals surface area contributed by atoms with Crippen LogP contribution in [0.25, 0.3) is 11.4 Å². The smallest absolute Gasteiger partial charge is 0.234 e. The fourth-order valence-electron chi connectivity index (χ4n) is 4.43. The maximum absolute atomic E-state index is 12.8. The van der Waals surface area contributed by atoms with Gasteiger partial charge in [-0.25, -0.2) is 0 Å². The highest BCUT2D eigenvalue weighted by molar-refractivity contribution is 7.99. The average molecular weight is 480 g/mol. The number of rotatable bonds is 8. The highest BCUT2D eigenvalue weighted by Gasteiger charge is 2.23. The number of amides is 1. The third kappa shape index (κ3) is 6.05. The monoisotopic (exact) mass is 479 g/mol. The highest BCUT2D eigenvalue weighted by atomic mass is 32.2. The lowest BCUT2D eigenvalue weighted by atomic mass is 10.1. The van der Waals surface area contributed by atoms with Gasteiger partial charge in [0.25, 0.3) is 0 Å². The summed E-state index contributed by atoms with van der Waals surface area (Å²) in [5.74, 6) is 1.05. The molecule has 2 unspecified atom stereocenters. The van der Waals surface area contributed by atoms with Crippen LogP contribution in [0.4, 0.5) is 5.69 Å². The quantitative estimate of drug-likeness (QED) is 0.476. The largest absolute Gasteiger partial charge is 0.373 e. The Kier molecular flexibility index (Phi) is 8.03. The van der Waals surface area contributed by atoms with Crippen molar-refractivity contribution in [1.29, 1.82) is 0 Å². The number of hydrogen-bond donors (Lipinski definition) is 1. The minimum atomic E-state index is -0.0519. The lowest BCUT2D eigenvalue weighted by Gasteiger charge is -2.35. The summed E-state index contributed by atoms with van der Waals surface area (Å²) in [5, 5.41) is 12.6. The number of aryl methyl sites for hydroxylation is 1. The Labute approximate surface area is 205 Å². The van der Waals surface area contributed by atoms with E-state index in [0.29, 0.717) is 0 Å².